The molecule has 2 saturated carbocycles. The molecule has 1 heterocycles. The van der Waals surface area contributed by atoms with Crippen molar-refractivity contribution in [2.24, 2.45) is 11.8 Å². The van der Waals surface area contributed by atoms with Gasteiger partial charge in [0.25, 0.3) is 11.8 Å². The fourth-order valence-electron chi connectivity index (χ4n) is 4.98. The average Bonchev–Trinajstić information content (AvgIpc) is 2.73. The van der Waals surface area contributed by atoms with Crippen molar-refractivity contribution < 1.29 is 24.2 Å². The van der Waals surface area contributed by atoms with Crippen LogP contribution in [0, 0.1) is 11.8 Å². The Kier molecular flexibility index (Phi) is 7.79. The first-order chi connectivity index (χ1) is 14.4. The van der Waals surface area contributed by atoms with Crippen LogP contribution in [0.4, 0.5) is 0 Å². The number of ether oxygens (including phenoxy) is 2. The molecule has 0 radical (unpaired) electrons. The molecule has 0 aromatic heterocycles. The lowest BCUT2D eigenvalue weighted by Crippen LogP contribution is -2.58. The third-order valence-corrected chi connectivity index (χ3v) is 6.95. The van der Waals surface area contributed by atoms with Gasteiger partial charge in [-0.25, -0.2) is 0 Å². The van der Waals surface area contributed by atoms with Crippen LogP contribution in [0.3, 0.4) is 0 Å². The van der Waals surface area contributed by atoms with Gasteiger partial charge in [0, 0.05) is 20.3 Å². The fraction of sp³-hybridized carbons (Fsp3) is 0.682. The molecule has 0 aromatic carbocycles. The molecule has 4 unspecified atom stereocenters. The molecular formula is C22H32N2O5S. The van der Waals surface area contributed by atoms with Gasteiger partial charge in [0.1, 0.15) is 5.57 Å². The highest BCUT2D eigenvalue weighted by Crippen LogP contribution is 2.35. The fourth-order valence-corrected chi connectivity index (χ4v) is 5.31. The van der Waals surface area contributed by atoms with Gasteiger partial charge in [0.05, 0.1) is 18.3 Å². The van der Waals surface area contributed by atoms with Crippen molar-refractivity contribution in [2.75, 3.05) is 14.2 Å². The van der Waals surface area contributed by atoms with Gasteiger partial charge in [-0.1, -0.05) is 12.2 Å². The summed E-state index contributed by atoms with van der Waals surface area (Å²) in [6, 6.07) is -0.0335. The van der Waals surface area contributed by atoms with Crippen LogP contribution in [-0.2, 0) is 19.1 Å². The number of hydrogen-bond donors (Lipinski definition) is 2. The van der Waals surface area contributed by atoms with Crippen LogP contribution in [-0.4, -0.2) is 65.5 Å². The van der Waals surface area contributed by atoms with E-state index in [2.05, 4.69) is 11.9 Å². The van der Waals surface area contributed by atoms with Gasteiger partial charge in [-0.2, -0.15) is 0 Å². The molecule has 8 heteroatoms. The summed E-state index contributed by atoms with van der Waals surface area (Å²) in [5.74, 6) is -0.853. The Morgan fingerprint density at radius 2 is 1.90 bits per heavy atom. The topological polar surface area (TPSA) is 88.1 Å². The Morgan fingerprint density at radius 1 is 1.20 bits per heavy atom. The monoisotopic (exact) mass is 436 g/mol. The second-order valence-corrected chi connectivity index (χ2v) is 8.85. The predicted octanol–water partition coefficient (Wildman–Crippen LogP) is 2.09. The van der Waals surface area contributed by atoms with Crippen LogP contribution < -0.4 is 5.32 Å². The molecule has 2 N–H and O–H groups in total. The van der Waals surface area contributed by atoms with Crippen molar-refractivity contribution in [3.05, 3.63) is 24.3 Å². The molecule has 3 fully saturated rings. The first kappa shape index (κ1) is 23.1. The molecule has 0 spiro atoms. The maximum Gasteiger partial charge on any atom is 0.265 e. The van der Waals surface area contributed by atoms with E-state index in [0.717, 1.165) is 25.7 Å². The highest BCUT2D eigenvalue weighted by molar-refractivity contribution is 7.80. The van der Waals surface area contributed by atoms with E-state index in [9.17, 15) is 14.7 Å². The average molecular weight is 437 g/mol. The van der Waals surface area contributed by atoms with E-state index in [1.54, 1.807) is 31.3 Å². The molecule has 1 saturated heterocycles. The summed E-state index contributed by atoms with van der Waals surface area (Å²) in [6.07, 6.45) is 7.99. The third kappa shape index (κ3) is 4.82. The van der Waals surface area contributed by atoms with Crippen LogP contribution in [0.1, 0.15) is 44.9 Å². The third-order valence-electron chi connectivity index (χ3n) is 6.65. The van der Waals surface area contributed by atoms with Gasteiger partial charge in [-0.3, -0.25) is 19.8 Å². The lowest BCUT2D eigenvalue weighted by molar-refractivity contribution is -0.131. The number of allylic oxidation sites excluding steroid dienone is 2. The number of carbonyl (C=O) groups is 2. The number of aliphatic hydroxyl groups excluding tert-OH is 1. The minimum atomic E-state index is -0.585. The summed E-state index contributed by atoms with van der Waals surface area (Å²) in [7, 11) is 3.28. The lowest BCUT2D eigenvalue weighted by atomic mass is 9.75. The van der Waals surface area contributed by atoms with Crippen LogP contribution in [0.15, 0.2) is 24.3 Å². The van der Waals surface area contributed by atoms with Crippen molar-refractivity contribution in [3.63, 3.8) is 0 Å². The highest BCUT2D eigenvalue weighted by atomic mass is 32.1. The van der Waals surface area contributed by atoms with E-state index in [4.69, 9.17) is 21.7 Å². The van der Waals surface area contributed by atoms with E-state index in [-0.39, 0.29) is 46.7 Å². The van der Waals surface area contributed by atoms with Crippen LogP contribution >= 0.6 is 12.2 Å². The molecule has 30 heavy (non-hydrogen) atoms. The molecule has 3 rings (SSSR count). The summed E-state index contributed by atoms with van der Waals surface area (Å²) in [6.45, 7) is 3.77. The Morgan fingerprint density at radius 3 is 2.50 bits per heavy atom. The maximum absolute atomic E-state index is 13.3. The minimum absolute atomic E-state index is 0.0219. The molecule has 3 aliphatic rings. The smallest absolute Gasteiger partial charge is 0.265 e. The van der Waals surface area contributed by atoms with Gasteiger partial charge >= 0.3 is 0 Å². The Bertz CT molecular complexity index is 716. The maximum atomic E-state index is 13.3. The summed E-state index contributed by atoms with van der Waals surface area (Å²) in [5.41, 5.74) is 0.131. The summed E-state index contributed by atoms with van der Waals surface area (Å²) < 4.78 is 10.9. The zero-order chi connectivity index (χ0) is 21.8. The van der Waals surface area contributed by atoms with E-state index < -0.39 is 12.0 Å². The number of carbonyl (C=O) groups excluding carboxylic acids is 2. The molecule has 1 aliphatic heterocycles. The number of thiocarbonyl (C=S) groups is 1. The standard InChI is InChI=1S/C22H32N2O5S/c1-4-5-14-10-13(12-18(29-3)19(14)25)11-17-20(26)23-22(30)24(21(17)27)15-6-8-16(28-2)9-7-15/h4,11,13-16,18-19,25H,1,5-10,12H2,2-3H3,(H,23,26,30)/b17-11+. The molecular weight excluding hydrogens is 404 g/mol. The number of methoxy groups -OCH3 is 2. The van der Waals surface area contributed by atoms with Crippen molar-refractivity contribution in [1.82, 2.24) is 10.2 Å². The van der Waals surface area contributed by atoms with Gasteiger partial charge < -0.3 is 14.6 Å². The molecule has 2 amide bonds. The lowest BCUT2D eigenvalue weighted by Gasteiger charge is -2.40. The largest absolute Gasteiger partial charge is 0.390 e. The molecule has 7 nitrogen and oxygen atoms in total. The summed E-state index contributed by atoms with van der Waals surface area (Å²) >= 11 is 5.33. The van der Waals surface area contributed by atoms with Crippen LogP contribution in [0.25, 0.3) is 0 Å². The van der Waals surface area contributed by atoms with E-state index in [1.807, 2.05) is 0 Å². The Balaban J connectivity index is 1.79. The van der Waals surface area contributed by atoms with Gasteiger partial charge in [-0.05, 0) is 69.0 Å². The normalized spacial score (nSPS) is 36.7. The first-order valence-corrected chi connectivity index (χ1v) is 11.1. The number of aliphatic hydroxyl groups is 1. The van der Waals surface area contributed by atoms with Crippen molar-refractivity contribution in [1.29, 1.82) is 0 Å². The SMILES string of the molecule is C=CCC1CC(/C=C2\C(=O)NC(=S)N(C3CCC(OC)CC3)C2=O)CC(OC)C1O. The van der Waals surface area contributed by atoms with Crippen molar-refractivity contribution >= 4 is 29.1 Å². The van der Waals surface area contributed by atoms with E-state index >= 15 is 0 Å². The highest BCUT2D eigenvalue weighted by Gasteiger charge is 2.41. The second-order valence-electron chi connectivity index (χ2n) is 8.46. The van der Waals surface area contributed by atoms with Gasteiger partial charge in [0.15, 0.2) is 5.11 Å². The quantitative estimate of drug-likeness (QED) is 0.287. The molecule has 166 valence electrons. The number of amides is 2. The minimum Gasteiger partial charge on any atom is -0.390 e. The molecule has 0 aromatic rings. The zero-order valence-corrected chi connectivity index (χ0v) is 18.5. The number of rotatable bonds is 6. The molecule has 0 bridgehead atoms. The number of hydrogen-bond acceptors (Lipinski definition) is 6. The van der Waals surface area contributed by atoms with Gasteiger partial charge in [0.2, 0.25) is 0 Å². The van der Waals surface area contributed by atoms with E-state index in [1.165, 1.54) is 0 Å². The van der Waals surface area contributed by atoms with Gasteiger partial charge in [-0.15, -0.1) is 6.58 Å². The Hall–Kier alpha value is -1.61. The second kappa shape index (κ2) is 10.1. The summed E-state index contributed by atoms with van der Waals surface area (Å²) in [5, 5.41) is 13.4. The van der Waals surface area contributed by atoms with Crippen LogP contribution in [0.2, 0.25) is 0 Å². The van der Waals surface area contributed by atoms with Crippen LogP contribution in [0.5, 0.6) is 0 Å². The molecule has 2 aliphatic carbocycles. The van der Waals surface area contributed by atoms with E-state index in [0.29, 0.717) is 19.3 Å². The van der Waals surface area contributed by atoms with Crippen molar-refractivity contribution in [3.8, 4) is 0 Å². The number of nitrogens with one attached hydrogen (secondary N) is 1. The Labute approximate surface area is 183 Å². The van der Waals surface area contributed by atoms with Crippen molar-refractivity contribution in [2.45, 2.75) is 69.3 Å². The zero-order valence-electron chi connectivity index (χ0n) is 17.7. The first-order valence-electron chi connectivity index (χ1n) is 10.6. The molecule has 4 atom stereocenters. The summed E-state index contributed by atoms with van der Waals surface area (Å²) in [4.78, 5) is 27.5. The predicted molar refractivity (Wildman–Crippen MR) is 117 cm³/mol. The number of nitrogens with zero attached hydrogens (tertiary/aromatic N) is 1.